The van der Waals surface area contributed by atoms with E-state index in [9.17, 15) is 9.59 Å². The van der Waals surface area contributed by atoms with Crippen molar-refractivity contribution in [3.8, 4) is 0 Å². The average molecular weight is 424 g/mol. The maximum Gasteiger partial charge on any atom is 0.258 e. The van der Waals surface area contributed by atoms with Gasteiger partial charge in [-0.05, 0) is 50.1 Å². The van der Waals surface area contributed by atoms with Crippen molar-refractivity contribution in [1.82, 2.24) is 14.9 Å². The van der Waals surface area contributed by atoms with Crippen molar-refractivity contribution in [2.45, 2.75) is 32.2 Å². The van der Waals surface area contributed by atoms with Gasteiger partial charge in [0.2, 0.25) is 11.9 Å². The van der Waals surface area contributed by atoms with Crippen molar-refractivity contribution < 1.29 is 9.59 Å². The van der Waals surface area contributed by atoms with Crippen LogP contribution in [0, 0.1) is 6.92 Å². The number of hydrogen-bond acceptors (Lipinski definition) is 5. The molecule has 7 nitrogen and oxygen atoms in total. The van der Waals surface area contributed by atoms with Gasteiger partial charge < -0.3 is 15.2 Å². The number of carbonyl (C=O) groups excluding carboxylic acids is 2. The van der Waals surface area contributed by atoms with Crippen LogP contribution in [0.5, 0.6) is 0 Å². The predicted molar refractivity (Wildman–Crippen MR) is 121 cm³/mol. The number of fused-ring (bicyclic) bond motifs is 1. The minimum absolute atomic E-state index is 0.221. The van der Waals surface area contributed by atoms with Gasteiger partial charge in [-0.2, -0.15) is 0 Å². The zero-order chi connectivity index (χ0) is 21.1. The van der Waals surface area contributed by atoms with Crippen molar-refractivity contribution in [3.05, 3.63) is 53.4 Å². The van der Waals surface area contributed by atoms with Gasteiger partial charge in [0.1, 0.15) is 0 Å². The Bertz CT molecular complexity index is 1090. The molecule has 156 valence electrons. The fraction of sp³-hybridized carbons (Fsp3) is 0.318. The molecule has 0 saturated carbocycles. The fourth-order valence-electron chi connectivity index (χ4n) is 3.85. The van der Waals surface area contributed by atoms with Crippen molar-refractivity contribution in [3.63, 3.8) is 0 Å². The normalized spacial score (nSPS) is 16.8. The minimum Gasteiger partial charge on any atom is -0.315 e. The summed E-state index contributed by atoms with van der Waals surface area (Å²) in [4.78, 5) is 29.2. The quantitative estimate of drug-likeness (QED) is 0.539. The summed E-state index contributed by atoms with van der Waals surface area (Å²) >= 11 is 1.30. The number of benzene rings is 1. The van der Waals surface area contributed by atoms with Crippen LogP contribution in [-0.4, -0.2) is 34.5 Å². The van der Waals surface area contributed by atoms with Crippen molar-refractivity contribution in [2.75, 3.05) is 23.7 Å². The van der Waals surface area contributed by atoms with Crippen molar-refractivity contribution in [1.29, 1.82) is 0 Å². The molecule has 1 atom stereocenters. The summed E-state index contributed by atoms with van der Waals surface area (Å²) in [6.07, 6.45) is 4.52. The number of nitrogens with zero attached hydrogens (tertiary/aromatic N) is 2. The minimum atomic E-state index is -0.304. The smallest absolute Gasteiger partial charge is 0.258 e. The monoisotopic (exact) mass is 423 g/mol. The molecule has 4 rings (SSSR count). The molecule has 3 heterocycles. The highest BCUT2D eigenvalue weighted by Gasteiger charge is 2.23. The third kappa shape index (κ3) is 4.15. The number of rotatable bonds is 5. The third-order valence-electron chi connectivity index (χ3n) is 5.32. The molecule has 3 aromatic rings. The van der Waals surface area contributed by atoms with Crippen LogP contribution in [0.1, 0.15) is 41.2 Å². The Balaban J connectivity index is 1.66. The molecule has 0 radical (unpaired) electrons. The van der Waals surface area contributed by atoms with Crippen LogP contribution < -0.4 is 16.0 Å². The number of anilines is 2. The Hall–Kier alpha value is -2.97. The van der Waals surface area contributed by atoms with Gasteiger partial charge in [0.15, 0.2) is 0 Å². The molecule has 8 heteroatoms. The predicted octanol–water partition coefficient (Wildman–Crippen LogP) is 4.10. The summed E-state index contributed by atoms with van der Waals surface area (Å²) in [6.45, 7) is 7.37. The highest BCUT2D eigenvalue weighted by molar-refractivity contribution is 7.14. The second-order valence-electron chi connectivity index (χ2n) is 7.45. The molecule has 2 amide bonds. The Morgan fingerprint density at radius 2 is 2.20 bits per heavy atom. The number of aryl methyl sites for hydroxylation is 1. The standard InChI is InChI=1S/C22H25N5O2S/c1-3-18(28)25-19-11-15(13-30-19)21(29)26-22-24-17-9-6-7-14(2)20(17)27(22)16-8-4-5-10-23-12-16/h3,6-7,9,11,13,16,23H,1,4-5,8,10,12H2,2H3,(H,25,28)(H,24,26,29). The van der Waals surface area contributed by atoms with Gasteiger partial charge in [-0.1, -0.05) is 25.1 Å². The van der Waals surface area contributed by atoms with Crippen LogP contribution in [0.4, 0.5) is 10.9 Å². The summed E-state index contributed by atoms with van der Waals surface area (Å²) < 4.78 is 2.17. The number of imidazole rings is 1. The first-order valence-corrected chi connectivity index (χ1v) is 11.0. The molecule has 1 saturated heterocycles. The van der Waals surface area contributed by atoms with Gasteiger partial charge in [-0.15, -0.1) is 11.3 Å². The van der Waals surface area contributed by atoms with Crippen LogP contribution in [0.2, 0.25) is 0 Å². The first kappa shape index (κ1) is 20.3. The fourth-order valence-corrected chi connectivity index (χ4v) is 4.64. The van der Waals surface area contributed by atoms with Gasteiger partial charge in [0.25, 0.3) is 5.91 Å². The topological polar surface area (TPSA) is 88.1 Å². The van der Waals surface area contributed by atoms with E-state index in [4.69, 9.17) is 4.98 Å². The number of nitrogens with one attached hydrogen (secondary N) is 3. The molecule has 1 unspecified atom stereocenters. The maximum absolute atomic E-state index is 12.9. The van der Waals surface area contributed by atoms with E-state index in [1.165, 1.54) is 17.4 Å². The Morgan fingerprint density at radius 3 is 3.03 bits per heavy atom. The van der Waals surface area contributed by atoms with Gasteiger partial charge in [-0.25, -0.2) is 4.98 Å². The number of carbonyl (C=O) groups is 2. The van der Waals surface area contributed by atoms with E-state index in [1.54, 1.807) is 11.4 Å². The Kier molecular flexibility index (Phi) is 5.96. The van der Waals surface area contributed by atoms with E-state index in [-0.39, 0.29) is 17.9 Å². The first-order valence-electron chi connectivity index (χ1n) is 10.1. The zero-order valence-corrected chi connectivity index (χ0v) is 17.7. The molecule has 1 aliphatic heterocycles. The van der Waals surface area contributed by atoms with Gasteiger partial charge in [0.05, 0.1) is 21.6 Å². The summed E-state index contributed by atoms with van der Waals surface area (Å²) in [7, 11) is 0. The lowest BCUT2D eigenvalue weighted by atomic mass is 10.1. The molecular weight excluding hydrogens is 398 g/mol. The lowest BCUT2D eigenvalue weighted by molar-refractivity contribution is -0.111. The van der Waals surface area contributed by atoms with Crippen LogP contribution in [0.3, 0.4) is 0 Å². The highest BCUT2D eigenvalue weighted by atomic mass is 32.1. The number of hydrogen-bond donors (Lipinski definition) is 3. The largest absolute Gasteiger partial charge is 0.315 e. The molecule has 1 aromatic carbocycles. The van der Waals surface area contributed by atoms with Crippen LogP contribution >= 0.6 is 11.3 Å². The van der Waals surface area contributed by atoms with E-state index >= 15 is 0 Å². The van der Waals surface area contributed by atoms with Crippen molar-refractivity contribution in [2.24, 2.45) is 0 Å². The van der Waals surface area contributed by atoms with E-state index < -0.39 is 0 Å². The second-order valence-corrected chi connectivity index (χ2v) is 8.36. The van der Waals surface area contributed by atoms with Crippen LogP contribution in [0.25, 0.3) is 11.0 Å². The average Bonchev–Trinajstić information content (AvgIpc) is 3.24. The number of para-hydroxylation sites is 1. The molecule has 0 bridgehead atoms. The zero-order valence-electron chi connectivity index (χ0n) is 16.9. The van der Waals surface area contributed by atoms with E-state index in [0.717, 1.165) is 48.9 Å². The van der Waals surface area contributed by atoms with Gasteiger partial charge in [0, 0.05) is 18.0 Å². The Morgan fingerprint density at radius 1 is 1.33 bits per heavy atom. The highest BCUT2D eigenvalue weighted by Crippen LogP contribution is 2.31. The molecular formula is C22H25N5O2S. The Labute approximate surface area is 179 Å². The van der Waals surface area contributed by atoms with E-state index in [0.29, 0.717) is 16.5 Å². The van der Waals surface area contributed by atoms with Gasteiger partial charge >= 0.3 is 0 Å². The number of thiophene rings is 1. The molecule has 0 spiro atoms. The lowest BCUT2D eigenvalue weighted by Crippen LogP contribution is -2.25. The van der Waals surface area contributed by atoms with Crippen LogP contribution in [0.15, 0.2) is 42.3 Å². The van der Waals surface area contributed by atoms with Gasteiger partial charge in [-0.3, -0.25) is 14.9 Å². The SMILES string of the molecule is C=CC(=O)Nc1cc(C(=O)Nc2nc3cccc(C)c3n2C2CCCCNC2)cs1. The molecule has 3 N–H and O–H groups in total. The number of aromatic nitrogens is 2. The second kappa shape index (κ2) is 8.81. The lowest BCUT2D eigenvalue weighted by Gasteiger charge is -2.21. The summed E-state index contributed by atoms with van der Waals surface area (Å²) in [5.41, 5.74) is 3.55. The molecule has 30 heavy (non-hydrogen) atoms. The van der Waals surface area contributed by atoms with Crippen LogP contribution in [-0.2, 0) is 4.79 Å². The summed E-state index contributed by atoms with van der Waals surface area (Å²) in [5.74, 6) is 0.00367. The molecule has 0 aliphatic carbocycles. The first-order chi connectivity index (χ1) is 14.6. The van der Waals surface area contributed by atoms with E-state index in [1.807, 2.05) is 12.1 Å². The maximum atomic E-state index is 12.9. The van der Waals surface area contributed by atoms with E-state index in [2.05, 4.69) is 40.1 Å². The third-order valence-corrected chi connectivity index (χ3v) is 6.16. The molecule has 1 fully saturated rings. The number of amides is 2. The summed E-state index contributed by atoms with van der Waals surface area (Å²) in [6, 6.07) is 7.92. The summed E-state index contributed by atoms with van der Waals surface area (Å²) in [5, 5.41) is 11.5. The van der Waals surface area contributed by atoms with Crippen molar-refractivity contribution >= 4 is 45.1 Å². The molecule has 1 aliphatic rings. The molecule has 2 aromatic heterocycles.